The predicted octanol–water partition coefficient (Wildman–Crippen LogP) is 2.70. The fraction of sp³-hybridized carbons (Fsp3) is 0.300. The van der Waals surface area contributed by atoms with Gasteiger partial charge in [-0.05, 0) is 49.7 Å². The number of benzene rings is 2. The van der Waals surface area contributed by atoms with E-state index in [0.717, 1.165) is 5.56 Å². The Balaban J connectivity index is 1.56. The minimum atomic E-state index is -3.88. The van der Waals surface area contributed by atoms with Crippen LogP contribution in [0.25, 0.3) is 0 Å². The summed E-state index contributed by atoms with van der Waals surface area (Å²) < 4.78 is 36.4. The van der Waals surface area contributed by atoms with Gasteiger partial charge < -0.3 is 14.8 Å². The lowest BCUT2D eigenvalue weighted by Gasteiger charge is -2.19. The molecule has 2 aromatic rings. The highest BCUT2D eigenvalue weighted by Gasteiger charge is 2.50. The molecule has 2 amide bonds. The van der Waals surface area contributed by atoms with Crippen molar-refractivity contribution in [2.24, 2.45) is 5.41 Å². The van der Waals surface area contributed by atoms with Gasteiger partial charge in [0.15, 0.2) is 11.5 Å². The fourth-order valence-corrected chi connectivity index (χ4v) is 5.75. The average molecular weight is 451 g/mol. The number of carbonyl (C=O) groups excluding carboxylic acids is 2. The third-order valence-corrected chi connectivity index (χ3v) is 7.23. The predicted molar refractivity (Wildman–Crippen MR) is 110 cm³/mol. The Labute approximate surface area is 178 Å². The molecule has 0 spiro atoms. The van der Waals surface area contributed by atoms with E-state index in [1.165, 1.54) is 18.2 Å². The van der Waals surface area contributed by atoms with Gasteiger partial charge in [0.2, 0.25) is 22.7 Å². The Morgan fingerprint density at radius 3 is 2.60 bits per heavy atom. The Kier molecular flexibility index (Phi) is 4.90. The lowest BCUT2D eigenvalue weighted by molar-refractivity contribution is -0.123. The van der Waals surface area contributed by atoms with E-state index in [2.05, 4.69) is 5.32 Å². The maximum atomic E-state index is 12.6. The van der Waals surface area contributed by atoms with Crippen LogP contribution in [0, 0.1) is 5.41 Å². The van der Waals surface area contributed by atoms with Crippen LogP contribution in [0.5, 0.6) is 11.5 Å². The lowest BCUT2D eigenvalue weighted by atomic mass is 9.95. The van der Waals surface area contributed by atoms with Crippen LogP contribution in [0.4, 0.5) is 5.69 Å². The van der Waals surface area contributed by atoms with Gasteiger partial charge in [0, 0.05) is 12.1 Å². The zero-order valence-corrected chi connectivity index (χ0v) is 17.8. The molecule has 2 aliphatic rings. The number of hydrogen-bond acceptors (Lipinski definition) is 6. The van der Waals surface area contributed by atoms with Gasteiger partial charge >= 0.3 is 0 Å². The van der Waals surface area contributed by atoms with Crippen molar-refractivity contribution in [1.29, 1.82) is 0 Å². The number of nitrogens with zero attached hydrogens (tertiary/aromatic N) is 1. The summed E-state index contributed by atoms with van der Waals surface area (Å²) in [5.41, 5.74) is -0.105. The van der Waals surface area contributed by atoms with E-state index in [9.17, 15) is 18.0 Å². The molecule has 2 heterocycles. The number of nitrogens with one attached hydrogen (secondary N) is 1. The number of hydrogen-bond donors (Lipinski definition) is 1. The molecule has 158 valence electrons. The van der Waals surface area contributed by atoms with Gasteiger partial charge in [-0.3, -0.25) is 9.59 Å². The summed E-state index contributed by atoms with van der Waals surface area (Å²) in [7, 11) is -3.88. The van der Waals surface area contributed by atoms with Crippen molar-refractivity contribution in [3.8, 4) is 11.5 Å². The van der Waals surface area contributed by atoms with Crippen molar-refractivity contribution < 1.29 is 27.5 Å². The molecule has 0 unspecified atom stereocenters. The summed E-state index contributed by atoms with van der Waals surface area (Å²) in [4.78, 5) is 25.3. The SMILES string of the molecule is CC1(C)CS(=O)(=O)N(c2cc(C(=O)NCc3ccc4c(c3)OCO4)ccc2Cl)C1=O. The first-order valence-electron chi connectivity index (χ1n) is 9.12. The van der Waals surface area contributed by atoms with E-state index >= 15 is 0 Å². The maximum Gasteiger partial charge on any atom is 0.251 e. The first-order valence-corrected chi connectivity index (χ1v) is 11.1. The van der Waals surface area contributed by atoms with Gasteiger partial charge in [-0.25, -0.2) is 12.7 Å². The molecule has 1 N–H and O–H groups in total. The first kappa shape index (κ1) is 20.5. The van der Waals surface area contributed by atoms with Crippen LogP contribution < -0.4 is 19.1 Å². The van der Waals surface area contributed by atoms with Crippen LogP contribution >= 0.6 is 11.6 Å². The molecule has 2 aromatic carbocycles. The first-order chi connectivity index (χ1) is 14.1. The number of ether oxygens (including phenoxy) is 2. The molecule has 1 fully saturated rings. The molecule has 0 aromatic heterocycles. The zero-order chi connectivity index (χ0) is 21.7. The van der Waals surface area contributed by atoms with E-state index in [4.69, 9.17) is 21.1 Å². The number of anilines is 1. The number of fused-ring (bicyclic) bond motifs is 1. The van der Waals surface area contributed by atoms with Crippen molar-refractivity contribution >= 4 is 39.1 Å². The summed E-state index contributed by atoms with van der Waals surface area (Å²) in [5, 5.41) is 2.83. The van der Waals surface area contributed by atoms with Crippen LogP contribution in [-0.2, 0) is 21.4 Å². The van der Waals surface area contributed by atoms with Gasteiger partial charge in [-0.2, -0.15) is 0 Å². The number of rotatable bonds is 4. The number of sulfonamides is 1. The fourth-order valence-electron chi connectivity index (χ4n) is 3.39. The van der Waals surface area contributed by atoms with E-state index in [0.29, 0.717) is 15.8 Å². The van der Waals surface area contributed by atoms with Crippen LogP contribution in [0.1, 0.15) is 29.8 Å². The highest BCUT2D eigenvalue weighted by molar-refractivity contribution is 7.94. The van der Waals surface area contributed by atoms with E-state index < -0.39 is 27.3 Å². The number of halogens is 1. The van der Waals surface area contributed by atoms with Crippen molar-refractivity contribution in [2.75, 3.05) is 16.9 Å². The second kappa shape index (κ2) is 7.17. The van der Waals surface area contributed by atoms with Crippen molar-refractivity contribution in [3.05, 3.63) is 52.5 Å². The molecule has 0 bridgehead atoms. The summed E-state index contributed by atoms with van der Waals surface area (Å²) in [6.07, 6.45) is 0. The van der Waals surface area contributed by atoms with Crippen LogP contribution in [0.2, 0.25) is 5.02 Å². The van der Waals surface area contributed by atoms with Gasteiger partial charge in [0.1, 0.15) is 0 Å². The largest absolute Gasteiger partial charge is 0.454 e. The Hall–Kier alpha value is -2.78. The molecule has 2 aliphatic heterocycles. The van der Waals surface area contributed by atoms with Gasteiger partial charge in [0.25, 0.3) is 5.91 Å². The standard InChI is InChI=1S/C20H19ClN2O6S/c1-20(2)10-30(26,27)23(19(20)25)15-8-13(4-5-14(15)21)18(24)22-9-12-3-6-16-17(7-12)29-11-28-16/h3-8H,9-11H2,1-2H3,(H,22,24). The molecule has 4 rings (SSSR count). The second-order valence-electron chi connectivity index (χ2n) is 7.75. The monoisotopic (exact) mass is 450 g/mol. The minimum absolute atomic E-state index is 0.0250. The minimum Gasteiger partial charge on any atom is -0.454 e. The zero-order valence-electron chi connectivity index (χ0n) is 16.3. The van der Waals surface area contributed by atoms with E-state index in [1.807, 2.05) is 0 Å². The van der Waals surface area contributed by atoms with Crippen LogP contribution in [0.3, 0.4) is 0 Å². The molecule has 0 radical (unpaired) electrons. The normalized spacial score (nSPS) is 18.5. The van der Waals surface area contributed by atoms with Gasteiger partial charge in [-0.1, -0.05) is 17.7 Å². The van der Waals surface area contributed by atoms with Crippen molar-refractivity contribution in [2.45, 2.75) is 20.4 Å². The Morgan fingerprint density at radius 1 is 1.17 bits per heavy atom. The Morgan fingerprint density at radius 2 is 1.90 bits per heavy atom. The smallest absolute Gasteiger partial charge is 0.251 e. The molecular formula is C20H19ClN2O6S. The molecule has 8 nitrogen and oxygen atoms in total. The maximum absolute atomic E-state index is 12.6. The molecule has 0 aliphatic carbocycles. The third-order valence-electron chi connectivity index (χ3n) is 4.90. The quantitative estimate of drug-likeness (QED) is 0.768. The highest BCUT2D eigenvalue weighted by atomic mass is 35.5. The molecular weight excluding hydrogens is 432 g/mol. The Bertz CT molecular complexity index is 1160. The van der Waals surface area contributed by atoms with Crippen LogP contribution in [-0.4, -0.2) is 32.8 Å². The van der Waals surface area contributed by atoms with E-state index in [1.54, 1.807) is 32.0 Å². The molecule has 0 atom stereocenters. The van der Waals surface area contributed by atoms with Gasteiger partial charge in [-0.15, -0.1) is 0 Å². The molecule has 10 heteroatoms. The number of carbonyl (C=O) groups is 2. The van der Waals surface area contributed by atoms with Crippen molar-refractivity contribution in [1.82, 2.24) is 5.32 Å². The average Bonchev–Trinajstić information content (AvgIpc) is 3.20. The van der Waals surface area contributed by atoms with E-state index in [-0.39, 0.29) is 35.4 Å². The summed E-state index contributed by atoms with van der Waals surface area (Å²) in [5.74, 6) is -0.0886. The topological polar surface area (TPSA) is 102 Å². The molecule has 30 heavy (non-hydrogen) atoms. The van der Waals surface area contributed by atoms with Crippen LogP contribution in [0.15, 0.2) is 36.4 Å². The lowest BCUT2D eigenvalue weighted by Crippen LogP contribution is -2.33. The summed E-state index contributed by atoms with van der Waals surface area (Å²) in [6.45, 7) is 3.50. The third kappa shape index (κ3) is 3.59. The second-order valence-corrected chi connectivity index (χ2v) is 9.97. The summed E-state index contributed by atoms with van der Waals surface area (Å²) >= 11 is 6.18. The number of amides is 2. The summed E-state index contributed by atoms with van der Waals surface area (Å²) in [6, 6.07) is 9.52. The molecule has 0 saturated carbocycles. The van der Waals surface area contributed by atoms with Gasteiger partial charge in [0.05, 0.1) is 21.9 Å². The molecule has 1 saturated heterocycles. The highest BCUT2D eigenvalue weighted by Crippen LogP contribution is 2.39. The van der Waals surface area contributed by atoms with Crippen molar-refractivity contribution in [3.63, 3.8) is 0 Å².